The van der Waals surface area contributed by atoms with E-state index >= 15 is 0 Å². The average Bonchev–Trinajstić information content (AvgIpc) is 2.29. The highest BCUT2D eigenvalue weighted by molar-refractivity contribution is 9.10. The third-order valence-electron chi connectivity index (χ3n) is 2.79. The van der Waals surface area contributed by atoms with Gasteiger partial charge in [0.25, 0.3) is 0 Å². The van der Waals surface area contributed by atoms with Crippen molar-refractivity contribution in [1.82, 2.24) is 4.98 Å². The van der Waals surface area contributed by atoms with Gasteiger partial charge in [0, 0.05) is 16.2 Å². The number of halogens is 1. The second-order valence-electron chi connectivity index (χ2n) is 3.93. The predicted octanol–water partition coefficient (Wildman–Crippen LogP) is 2.78. The highest BCUT2D eigenvalue weighted by atomic mass is 79.9. The number of nitrogens with two attached hydrogens (primary N) is 2. The Balaban J connectivity index is 2.51. The summed E-state index contributed by atoms with van der Waals surface area (Å²) in [6.45, 7) is 1.99. The van der Waals surface area contributed by atoms with Crippen LogP contribution in [0.15, 0.2) is 41.0 Å². The molecule has 2 rings (SSSR count). The van der Waals surface area contributed by atoms with Gasteiger partial charge in [-0.3, -0.25) is 0 Å². The van der Waals surface area contributed by atoms with E-state index in [1.165, 1.54) is 0 Å². The normalized spacial score (nSPS) is 12.4. The van der Waals surface area contributed by atoms with Crippen molar-refractivity contribution in [2.45, 2.75) is 13.0 Å². The van der Waals surface area contributed by atoms with Crippen LogP contribution in [0.2, 0.25) is 0 Å². The summed E-state index contributed by atoms with van der Waals surface area (Å²) >= 11 is 3.50. The number of aromatic nitrogens is 1. The number of pyridine rings is 1. The van der Waals surface area contributed by atoms with Crippen molar-refractivity contribution in [3.63, 3.8) is 0 Å². The Morgan fingerprint density at radius 3 is 2.59 bits per heavy atom. The quantitative estimate of drug-likeness (QED) is 0.894. The fourth-order valence-corrected chi connectivity index (χ4v) is 2.41. The molecule has 4 heteroatoms. The van der Waals surface area contributed by atoms with E-state index in [0.29, 0.717) is 5.82 Å². The van der Waals surface area contributed by atoms with Gasteiger partial charge in [-0.05, 0) is 30.2 Å². The molecule has 0 saturated carbocycles. The largest absolute Gasteiger partial charge is 0.383 e. The molecule has 1 unspecified atom stereocenters. The van der Waals surface area contributed by atoms with Gasteiger partial charge >= 0.3 is 0 Å². The van der Waals surface area contributed by atoms with E-state index in [9.17, 15) is 0 Å². The summed E-state index contributed by atoms with van der Waals surface area (Å²) in [5.74, 6) is 0.494. The van der Waals surface area contributed by atoms with Crippen LogP contribution >= 0.6 is 15.9 Å². The Kier molecular flexibility index (Phi) is 3.45. The standard InChI is InChI=1S/C13H14BrN3/c1-8-6-7-17-13(16)11(8)12(15)9-4-2-3-5-10(9)14/h2-7,12H,15H2,1H3,(H2,16,17). The van der Waals surface area contributed by atoms with Crippen molar-refractivity contribution >= 4 is 21.7 Å². The molecule has 17 heavy (non-hydrogen) atoms. The van der Waals surface area contributed by atoms with E-state index in [1.54, 1.807) is 6.20 Å². The van der Waals surface area contributed by atoms with E-state index in [2.05, 4.69) is 20.9 Å². The second kappa shape index (κ2) is 4.85. The summed E-state index contributed by atoms with van der Waals surface area (Å²) in [7, 11) is 0. The summed E-state index contributed by atoms with van der Waals surface area (Å²) in [6.07, 6.45) is 1.70. The summed E-state index contributed by atoms with van der Waals surface area (Å²) in [5.41, 5.74) is 15.1. The maximum atomic E-state index is 6.27. The number of anilines is 1. The van der Waals surface area contributed by atoms with Crippen LogP contribution < -0.4 is 11.5 Å². The van der Waals surface area contributed by atoms with Gasteiger partial charge in [0.1, 0.15) is 5.82 Å². The molecule has 3 nitrogen and oxygen atoms in total. The third kappa shape index (κ3) is 2.33. The molecule has 0 aliphatic heterocycles. The lowest BCUT2D eigenvalue weighted by atomic mass is 9.96. The highest BCUT2D eigenvalue weighted by Crippen LogP contribution is 2.30. The molecule has 1 aromatic heterocycles. The molecule has 0 amide bonds. The summed E-state index contributed by atoms with van der Waals surface area (Å²) in [6, 6.07) is 9.53. The van der Waals surface area contributed by atoms with Crippen LogP contribution in [0.1, 0.15) is 22.7 Å². The van der Waals surface area contributed by atoms with Crippen molar-refractivity contribution in [3.05, 3.63) is 57.7 Å². The van der Waals surface area contributed by atoms with E-state index in [-0.39, 0.29) is 6.04 Å². The topological polar surface area (TPSA) is 64.9 Å². The van der Waals surface area contributed by atoms with Crippen LogP contribution in [0, 0.1) is 6.92 Å². The van der Waals surface area contributed by atoms with Crippen LogP contribution in [0.3, 0.4) is 0 Å². The van der Waals surface area contributed by atoms with Gasteiger partial charge in [-0.2, -0.15) is 0 Å². The fourth-order valence-electron chi connectivity index (χ4n) is 1.88. The van der Waals surface area contributed by atoms with Gasteiger partial charge in [0.2, 0.25) is 0 Å². The molecule has 88 valence electrons. The number of nitrogens with zero attached hydrogens (tertiary/aromatic N) is 1. The number of benzene rings is 1. The SMILES string of the molecule is Cc1ccnc(N)c1C(N)c1ccccc1Br. The lowest BCUT2D eigenvalue weighted by Crippen LogP contribution is -2.16. The Labute approximate surface area is 109 Å². The molecule has 0 aliphatic carbocycles. The zero-order chi connectivity index (χ0) is 12.4. The number of nitrogen functional groups attached to an aromatic ring is 1. The molecule has 0 radical (unpaired) electrons. The molecular formula is C13H14BrN3. The Hall–Kier alpha value is -1.39. The van der Waals surface area contributed by atoms with Crippen molar-refractivity contribution in [2.24, 2.45) is 5.73 Å². The molecule has 0 fully saturated rings. The maximum absolute atomic E-state index is 6.27. The Bertz CT molecular complexity index is 520. The molecule has 1 aromatic carbocycles. The van der Waals surface area contributed by atoms with Crippen LogP contribution in [0.25, 0.3) is 0 Å². The first-order chi connectivity index (χ1) is 8.11. The van der Waals surface area contributed by atoms with Gasteiger partial charge in [0.15, 0.2) is 0 Å². The third-order valence-corrected chi connectivity index (χ3v) is 3.51. The van der Waals surface area contributed by atoms with Crippen LogP contribution in [0.5, 0.6) is 0 Å². The van der Waals surface area contributed by atoms with Gasteiger partial charge in [-0.1, -0.05) is 34.1 Å². The molecule has 0 bridgehead atoms. The van der Waals surface area contributed by atoms with E-state index in [0.717, 1.165) is 21.2 Å². The van der Waals surface area contributed by atoms with Crippen LogP contribution in [0.4, 0.5) is 5.82 Å². The van der Waals surface area contributed by atoms with Crippen molar-refractivity contribution in [3.8, 4) is 0 Å². The lowest BCUT2D eigenvalue weighted by Gasteiger charge is -2.17. The Morgan fingerprint density at radius 1 is 1.24 bits per heavy atom. The minimum atomic E-state index is -0.265. The monoisotopic (exact) mass is 291 g/mol. The number of rotatable bonds is 2. The summed E-state index contributed by atoms with van der Waals surface area (Å²) in [5, 5.41) is 0. The molecule has 2 aromatic rings. The fraction of sp³-hybridized carbons (Fsp3) is 0.154. The van der Waals surface area contributed by atoms with Gasteiger partial charge < -0.3 is 11.5 Å². The average molecular weight is 292 g/mol. The zero-order valence-electron chi connectivity index (χ0n) is 9.52. The molecule has 0 spiro atoms. The van der Waals surface area contributed by atoms with Gasteiger partial charge in [-0.15, -0.1) is 0 Å². The minimum Gasteiger partial charge on any atom is -0.383 e. The minimum absolute atomic E-state index is 0.265. The lowest BCUT2D eigenvalue weighted by molar-refractivity contribution is 0.852. The van der Waals surface area contributed by atoms with Crippen molar-refractivity contribution < 1.29 is 0 Å². The smallest absolute Gasteiger partial charge is 0.128 e. The number of hydrogen-bond acceptors (Lipinski definition) is 3. The molecule has 1 heterocycles. The highest BCUT2D eigenvalue weighted by Gasteiger charge is 2.17. The number of aryl methyl sites for hydroxylation is 1. The van der Waals surface area contributed by atoms with Crippen molar-refractivity contribution in [2.75, 3.05) is 5.73 Å². The summed E-state index contributed by atoms with van der Waals surface area (Å²) in [4.78, 5) is 4.10. The van der Waals surface area contributed by atoms with E-state index in [4.69, 9.17) is 11.5 Å². The maximum Gasteiger partial charge on any atom is 0.128 e. The van der Waals surface area contributed by atoms with Gasteiger partial charge in [-0.25, -0.2) is 4.98 Å². The van der Waals surface area contributed by atoms with Crippen LogP contribution in [-0.2, 0) is 0 Å². The molecule has 4 N–H and O–H groups in total. The molecule has 0 saturated heterocycles. The van der Waals surface area contributed by atoms with Crippen molar-refractivity contribution in [1.29, 1.82) is 0 Å². The molecular weight excluding hydrogens is 278 g/mol. The van der Waals surface area contributed by atoms with E-state index < -0.39 is 0 Å². The first-order valence-electron chi connectivity index (χ1n) is 5.32. The molecule has 0 aliphatic rings. The zero-order valence-corrected chi connectivity index (χ0v) is 11.1. The predicted molar refractivity (Wildman–Crippen MR) is 73.6 cm³/mol. The summed E-state index contributed by atoms with van der Waals surface area (Å²) < 4.78 is 0.982. The first-order valence-corrected chi connectivity index (χ1v) is 6.11. The molecule has 1 atom stereocenters. The van der Waals surface area contributed by atoms with Gasteiger partial charge in [0.05, 0.1) is 6.04 Å². The number of hydrogen-bond donors (Lipinski definition) is 2. The van der Waals surface area contributed by atoms with E-state index in [1.807, 2.05) is 37.3 Å². The first kappa shape index (κ1) is 12.1. The second-order valence-corrected chi connectivity index (χ2v) is 4.78. The Morgan fingerprint density at radius 2 is 1.94 bits per heavy atom. The van der Waals surface area contributed by atoms with Crippen LogP contribution in [-0.4, -0.2) is 4.98 Å².